The third-order valence-electron chi connectivity index (χ3n) is 6.05. The number of carbonyl (C=O) groups excluding carboxylic acids is 2. The molecule has 1 aliphatic rings. The molecule has 1 saturated heterocycles. The average Bonchev–Trinajstić information content (AvgIpc) is 3.26. The molecular formula is C25H23N5O4. The maximum absolute atomic E-state index is 13.6. The average molecular weight is 457 g/mol. The van der Waals surface area contributed by atoms with E-state index < -0.39 is 5.91 Å². The Bertz CT molecular complexity index is 1450. The van der Waals surface area contributed by atoms with Crippen LogP contribution in [0.15, 0.2) is 65.6 Å². The first-order chi connectivity index (χ1) is 16.5. The fourth-order valence-corrected chi connectivity index (χ4v) is 4.29. The largest absolute Gasteiger partial charge is 0.497 e. The van der Waals surface area contributed by atoms with E-state index in [1.54, 1.807) is 60.7 Å². The Hall–Kier alpha value is -4.40. The number of primary amides is 1. The molecule has 3 heterocycles. The van der Waals surface area contributed by atoms with Crippen molar-refractivity contribution in [3.05, 3.63) is 76.8 Å². The lowest BCUT2D eigenvalue weighted by molar-refractivity contribution is -0.119. The lowest BCUT2D eigenvalue weighted by atomic mass is 10.1. The van der Waals surface area contributed by atoms with Gasteiger partial charge < -0.3 is 15.4 Å². The van der Waals surface area contributed by atoms with E-state index >= 15 is 0 Å². The second kappa shape index (κ2) is 8.51. The maximum atomic E-state index is 13.6. The van der Waals surface area contributed by atoms with Crippen molar-refractivity contribution in [2.45, 2.75) is 19.3 Å². The van der Waals surface area contributed by atoms with Crippen molar-refractivity contribution in [2.75, 3.05) is 18.6 Å². The number of ether oxygens (including phenoxy) is 1. The first kappa shape index (κ1) is 21.4. The summed E-state index contributed by atoms with van der Waals surface area (Å²) in [6.45, 7) is 0.695. The number of rotatable bonds is 5. The van der Waals surface area contributed by atoms with Crippen LogP contribution in [0.5, 0.6) is 5.75 Å². The number of fused-ring (bicyclic) bond motifs is 1. The summed E-state index contributed by atoms with van der Waals surface area (Å²) in [5, 5.41) is 4.71. The van der Waals surface area contributed by atoms with Crippen molar-refractivity contribution in [3.63, 3.8) is 0 Å². The molecule has 9 nitrogen and oxygen atoms in total. The Morgan fingerprint density at radius 3 is 2.26 bits per heavy atom. The van der Waals surface area contributed by atoms with Gasteiger partial charge in [-0.15, -0.1) is 0 Å². The molecule has 1 fully saturated rings. The van der Waals surface area contributed by atoms with E-state index in [-0.39, 0.29) is 22.7 Å². The minimum atomic E-state index is -0.718. The number of hydrogen-bond acceptors (Lipinski definition) is 5. The highest BCUT2D eigenvalue weighted by Gasteiger charge is 2.21. The molecule has 2 amide bonds. The van der Waals surface area contributed by atoms with E-state index in [4.69, 9.17) is 10.5 Å². The lowest BCUT2D eigenvalue weighted by Crippen LogP contribution is -2.35. The molecule has 172 valence electrons. The van der Waals surface area contributed by atoms with E-state index in [0.717, 1.165) is 18.5 Å². The summed E-state index contributed by atoms with van der Waals surface area (Å²) in [6.07, 6.45) is 4.03. The number of methoxy groups -OCH3 is 1. The maximum Gasteiger partial charge on any atom is 0.281 e. The number of aromatic nitrogens is 3. The minimum Gasteiger partial charge on any atom is -0.497 e. The molecule has 34 heavy (non-hydrogen) atoms. The zero-order chi connectivity index (χ0) is 23.8. The summed E-state index contributed by atoms with van der Waals surface area (Å²) in [5.74, 6) is 0.0462. The van der Waals surface area contributed by atoms with Crippen LogP contribution < -0.4 is 20.9 Å². The van der Waals surface area contributed by atoms with Crippen LogP contribution in [0.2, 0.25) is 0 Å². The zero-order valence-electron chi connectivity index (χ0n) is 18.6. The van der Waals surface area contributed by atoms with Gasteiger partial charge in [0.25, 0.3) is 11.5 Å². The standard InChI is InChI=1S/C25H23N5O4/c1-34-19-11-9-18(10-12-19)30-23-20(22(27-30)24(26)32)13-15-29(25(23)33)17-7-5-16(6-8-17)28-14-3-2-4-21(28)31/h5-13,15H,2-4,14H2,1H3,(H2,26,32). The number of hydrogen-bond donors (Lipinski definition) is 1. The number of carbonyl (C=O) groups is 2. The highest BCUT2D eigenvalue weighted by Crippen LogP contribution is 2.24. The molecule has 2 N–H and O–H groups in total. The minimum absolute atomic E-state index is 0.0222. The summed E-state index contributed by atoms with van der Waals surface area (Å²) < 4.78 is 8.11. The van der Waals surface area contributed by atoms with Crippen LogP contribution in [-0.4, -0.2) is 39.8 Å². The summed E-state index contributed by atoms with van der Waals surface area (Å²) >= 11 is 0. The summed E-state index contributed by atoms with van der Waals surface area (Å²) in [5.41, 5.74) is 7.47. The number of nitrogens with zero attached hydrogens (tertiary/aromatic N) is 4. The third kappa shape index (κ3) is 3.61. The van der Waals surface area contributed by atoms with E-state index in [0.29, 0.717) is 35.5 Å². The quantitative estimate of drug-likeness (QED) is 0.495. The fraction of sp³-hybridized carbons (Fsp3) is 0.200. The second-order valence-corrected chi connectivity index (χ2v) is 8.09. The number of piperidine rings is 1. The number of amides is 2. The van der Waals surface area contributed by atoms with Crippen molar-refractivity contribution in [2.24, 2.45) is 5.73 Å². The Morgan fingerprint density at radius 2 is 1.62 bits per heavy atom. The van der Waals surface area contributed by atoms with E-state index in [9.17, 15) is 14.4 Å². The van der Waals surface area contributed by atoms with Gasteiger partial charge in [0.2, 0.25) is 5.91 Å². The number of nitrogens with two attached hydrogens (primary N) is 1. The molecule has 0 bridgehead atoms. The third-order valence-corrected chi connectivity index (χ3v) is 6.05. The summed E-state index contributed by atoms with van der Waals surface area (Å²) in [7, 11) is 1.56. The Kier molecular flexibility index (Phi) is 5.37. The van der Waals surface area contributed by atoms with Gasteiger partial charge in [0.15, 0.2) is 5.69 Å². The lowest BCUT2D eigenvalue weighted by Gasteiger charge is -2.26. The van der Waals surface area contributed by atoms with E-state index in [1.807, 2.05) is 12.1 Å². The molecule has 2 aromatic carbocycles. The first-order valence-corrected chi connectivity index (χ1v) is 11.0. The molecule has 0 atom stereocenters. The predicted octanol–water partition coefficient (Wildman–Crippen LogP) is 2.80. The van der Waals surface area contributed by atoms with Gasteiger partial charge in [0.1, 0.15) is 11.3 Å². The van der Waals surface area contributed by atoms with Crippen LogP contribution in [0.25, 0.3) is 22.3 Å². The highest BCUT2D eigenvalue weighted by molar-refractivity contribution is 6.04. The summed E-state index contributed by atoms with van der Waals surface area (Å²) in [4.78, 5) is 39.6. The Labute approximate surface area is 195 Å². The molecule has 0 radical (unpaired) electrons. The number of pyridine rings is 1. The molecule has 0 saturated carbocycles. The van der Waals surface area contributed by atoms with Crippen molar-refractivity contribution in [3.8, 4) is 17.1 Å². The Morgan fingerprint density at radius 1 is 0.941 bits per heavy atom. The SMILES string of the molecule is COc1ccc(-n2nc(C(N)=O)c3ccn(-c4ccc(N5CCCCC5=O)cc4)c(=O)c32)cc1. The monoisotopic (exact) mass is 457 g/mol. The normalized spacial score (nSPS) is 13.9. The molecule has 5 rings (SSSR count). The fourth-order valence-electron chi connectivity index (χ4n) is 4.29. The number of benzene rings is 2. The van der Waals surface area contributed by atoms with Gasteiger partial charge in [0, 0.05) is 35.9 Å². The molecule has 0 spiro atoms. The molecular weight excluding hydrogens is 434 g/mol. The predicted molar refractivity (Wildman–Crippen MR) is 128 cm³/mol. The van der Waals surface area contributed by atoms with Gasteiger partial charge in [-0.1, -0.05) is 0 Å². The molecule has 2 aromatic heterocycles. The van der Waals surface area contributed by atoms with Crippen molar-refractivity contribution in [1.29, 1.82) is 0 Å². The van der Waals surface area contributed by atoms with Crippen LogP contribution in [-0.2, 0) is 4.79 Å². The molecule has 0 unspecified atom stereocenters. The van der Waals surface area contributed by atoms with Gasteiger partial charge in [-0.25, -0.2) is 4.68 Å². The van der Waals surface area contributed by atoms with Crippen molar-refractivity contribution < 1.29 is 14.3 Å². The first-order valence-electron chi connectivity index (χ1n) is 11.0. The van der Waals surface area contributed by atoms with E-state index in [2.05, 4.69) is 5.10 Å². The van der Waals surface area contributed by atoms with Crippen LogP contribution in [0.4, 0.5) is 5.69 Å². The van der Waals surface area contributed by atoms with Crippen molar-refractivity contribution >= 4 is 28.4 Å². The van der Waals surface area contributed by atoms with Gasteiger partial charge >= 0.3 is 0 Å². The van der Waals surface area contributed by atoms with Crippen LogP contribution in [0.1, 0.15) is 29.8 Å². The van der Waals surface area contributed by atoms with Crippen LogP contribution in [0, 0.1) is 0 Å². The van der Waals surface area contributed by atoms with Crippen LogP contribution >= 0.6 is 0 Å². The Balaban J connectivity index is 1.61. The summed E-state index contributed by atoms with van der Waals surface area (Å²) in [6, 6.07) is 15.9. The van der Waals surface area contributed by atoms with Gasteiger partial charge in [0.05, 0.1) is 12.8 Å². The van der Waals surface area contributed by atoms with Gasteiger partial charge in [-0.3, -0.25) is 19.0 Å². The smallest absolute Gasteiger partial charge is 0.281 e. The van der Waals surface area contributed by atoms with Gasteiger partial charge in [-0.2, -0.15) is 5.10 Å². The molecule has 9 heteroatoms. The van der Waals surface area contributed by atoms with Crippen molar-refractivity contribution in [1.82, 2.24) is 14.3 Å². The van der Waals surface area contributed by atoms with Crippen LogP contribution in [0.3, 0.4) is 0 Å². The second-order valence-electron chi connectivity index (χ2n) is 8.09. The molecule has 4 aromatic rings. The highest BCUT2D eigenvalue weighted by atomic mass is 16.5. The molecule has 0 aliphatic carbocycles. The van der Waals surface area contributed by atoms with E-state index in [1.165, 1.54) is 9.25 Å². The zero-order valence-corrected chi connectivity index (χ0v) is 18.6. The topological polar surface area (TPSA) is 112 Å². The number of anilines is 1. The van der Waals surface area contributed by atoms with Gasteiger partial charge in [-0.05, 0) is 67.4 Å². The molecule has 1 aliphatic heterocycles.